The van der Waals surface area contributed by atoms with Crippen LogP contribution in [-0.4, -0.2) is 15.2 Å². The Morgan fingerprint density at radius 1 is 1.40 bits per heavy atom. The minimum Gasteiger partial charge on any atom is -0.297 e. The largest absolute Gasteiger partial charge is 0.297 e. The van der Waals surface area contributed by atoms with Crippen LogP contribution in [0.4, 0.5) is 0 Å². The molecule has 0 bridgehead atoms. The first kappa shape index (κ1) is 10.4. The minimum atomic E-state index is 0.0169. The van der Waals surface area contributed by atoms with Gasteiger partial charge >= 0.3 is 0 Å². The number of hydrogen-bond donors (Lipinski definition) is 0. The molecule has 4 heteroatoms. The van der Waals surface area contributed by atoms with Crippen LogP contribution in [0.5, 0.6) is 0 Å². The Balaban J connectivity index is 2.52. The van der Waals surface area contributed by atoms with Crippen LogP contribution < -0.4 is 0 Å². The van der Waals surface area contributed by atoms with Gasteiger partial charge in [-0.15, -0.1) is 11.3 Å². The molecule has 0 radical (unpaired) electrons. The Morgan fingerprint density at radius 2 is 2.07 bits per heavy atom. The van der Waals surface area contributed by atoms with E-state index in [0.29, 0.717) is 5.69 Å². The average Bonchev–Trinajstić information content (AvgIpc) is 2.55. The van der Waals surface area contributed by atoms with Crippen molar-refractivity contribution in [3.63, 3.8) is 0 Å². The Hall–Kier alpha value is -1.16. The summed E-state index contributed by atoms with van der Waals surface area (Å²) in [4.78, 5) is 17.6. The monoisotopic (exact) mass is 222 g/mol. The molecule has 0 unspecified atom stereocenters. The number of hydrogen-bond acceptors (Lipinski definition) is 3. The maximum absolute atomic E-state index is 11.1. The summed E-state index contributed by atoms with van der Waals surface area (Å²) in [5, 5.41) is 0. The quantitative estimate of drug-likeness (QED) is 0.695. The Bertz CT molecular complexity index is 485. The normalized spacial score (nSPS) is 12.3. The first-order valence-corrected chi connectivity index (χ1v) is 5.69. The molecule has 0 aliphatic heterocycles. The van der Waals surface area contributed by atoms with Crippen LogP contribution in [-0.2, 0) is 5.41 Å². The molecule has 0 saturated heterocycles. The molecule has 0 N–H and O–H groups in total. The van der Waals surface area contributed by atoms with Crippen molar-refractivity contribution < 1.29 is 4.79 Å². The summed E-state index contributed by atoms with van der Waals surface area (Å²) in [5.41, 5.74) is 0.684. The van der Waals surface area contributed by atoms with Crippen LogP contribution in [0.3, 0.4) is 0 Å². The summed E-state index contributed by atoms with van der Waals surface area (Å²) in [6, 6.07) is 0. The van der Waals surface area contributed by atoms with Gasteiger partial charge < -0.3 is 0 Å². The van der Waals surface area contributed by atoms with E-state index in [1.54, 1.807) is 17.5 Å². The number of aromatic nitrogens is 2. The van der Waals surface area contributed by atoms with E-state index in [9.17, 15) is 4.79 Å². The van der Waals surface area contributed by atoms with Gasteiger partial charge in [0.2, 0.25) is 0 Å². The third-order valence-corrected chi connectivity index (χ3v) is 3.68. The fraction of sp³-hybridized carbons (Fsp3) is 0.455. The van der Waals surface area contributed by atoms with E-state index in [2.05, 4.69) is 32.0 Å². The van der Waals surface area contributed by atoms with Gasteiger partial charge in [-0.2, -0.15) is 0 Å². The zero-order chi connectivity index (χ0) is 11.2. The lowest BCUT2D eigenvalue weighted by molar-refractivity contribution is 0.101. The summed E-state index contributed by atoms with van der Waals surface area (Å²) in [7, 11) is 0. The van der Waals surface area contributed by atoms with Crippen molar-refractivity contribution in [1.82, 2.24) is 9.38 Å². The molecule has 0 fully saturated rings. The van der Waals surface area contributed by atoms with E-state index >= 15 is 0 Å². The van der Waals surface area contributed by atoms with Crippen molar-refractivity contribution in [2.45, 2.75) is 33.1 Å². The van der Waals surface area contributed by atoms with Gasteiger partial charge in [-0.3, -0.25) is 9.20 Å². The molecule has 0 amide bonds. The fourth-order valence-corrected chi connectivity index (χ4v) is 2.34. The number of imidazole rings is 1. The Labute approximate surface area is 92.8 Å². The maximum atomic E-state index is 11.1. The molecule has 80 valence electrons. The molecular formula is C11H14N2OS. The lowest BCUT2D eigenvalue weighted by Gasteiger charge is -2.14. The SMILES string of the molecule is CC(=O)c1cn2cc(C(C)(C)C)sc2n1. The van der Waals surface area contributed by atoms with Crippen LogP contribution in [0.2, 0.25) is 0 Å². The van der Waals surface area contributed by atoms with Gasteiger partial charge in [-0.05, 0) is 5.41 Å². The molecule has 2 aromatic heterocycles. The number of thiazole rings is 1. The van der Waals surface area contributed by atoms with Crippen LogP contribution in [0.15, 0.2) is 12.4 Å². The lowest BCUT2D eigenvalue weighted by atomic mass is 9.96. The zero-order valence-corrected chi connectivity index (χ0v) is 10.2. The molecule has 2 aromatic rings. The highest BCUT2D eigenvalue weighted by atomic mass is 32.1. The zero-order valence-electron chi connectivity index (χ0n) is 9.37. The van der Waals surface area contributed by atoms with Crippen LogP contribution in [0.1, 0.15) is 43.1 Å². The predicted octanol–water partition coefficient (Wildman–Crippen LogP) is 2.90. The maximum Gasteiger partial charge on any atom is 0.194 e. The molecule has 0 aliphatic carbocycles. The van der Waals surface area contributed by atoms with Gasteiger partial charge in [0.1, 0.15) is 5.69 Å². The van der Waals surface area contributed by atoms with E-state index in [1.165, 1.54) is 11.8 Å². The van der Waals surface area contributed by atoms with E-state index in [1.807, 2.05) is 4.40 Å². The topological polar surface area (TPSA) is 34.4 Å². The molecule has 2 heterocycles. The average molecular weight is 222 g/mol. The van der Waals surface area contributed by atoms with Crippen LogP contribution in [0, 0.1) is 0 Å². The van der Waals surface area contributed by atoms with Crippen LogP contribution in [0.25, 0.3) is 4.96 Å². The summed E-state index contributed by atoms with van der Waals surface area (Å²) >= 11 is 1.64. The van der Waals surface area contributed by atoms with Gasteiger partial charge in [-0.1, -0.05) is 20.8 Å². The third-order valence-electron chi connectivity index (χ3n) is 2.26. The third kappa shape index (κ3) is 1.81. The highest BCUT2D eigenvalue weighted by Crippen LogP contribution is 2.29. The van der Waals surface area contributed by atoms with Crippen molar-refractivity contribution in [2.75, 3.05) is 0 Å². The number of fused-ring (bicyclic) bond motifs is 1. The molecule has 0 atom stereocenters. The molecule has 0 saturated carbocycles. The minimum absolute atomic E-state index is 0.0169. The summed E-state index contributed by atoms with van der Waals surface area (Å²) < 4.78 is 1.93. The first-order chi connectivity index (χ1) is 6.88. The second kappa shape index (κ2) is 3.17. The van der Waals surface area contributed by atoms with Crippen LogP contribution >= 0.6 is 11.3 Å². The number of Topliss-reactive ketones (excluding diaryl/α,β-unsaturated/α-hetero) is 1. The summed E-state index contributed by atoms with van der Waals surface area (Å²) in [6.45, 7) is 8.05. The van der Waals surface area contributed by atoms with Crippen molar-refractivity contribution >= 4 is 22.1 Å². The number of carbonyl (C=O) groups excluding carboxylic acids is 1. The molecule has 0 aliphatic rings. The van der Waals surface area contributed by atoms with Gasteiger partial charge in [0.15, 0.2) is 10.7 Å². The second-order valence-corrected chi connectivity index (χ2v) is 5.73. The fourth-order valence-electron chi connectivity index (χ4n) is 1.31. The molecular weight excluding hydrogens is 208 g/mol. The standard InChI is InChI=1S/C11H14N2OS/c1-7(14)8-5-13-6-9(11(2,3)4)15-10(13)12-8/h5-6H,1-4H3. The van der Waals surface area contributed by atoms with Crippen molar-refractivity contribution in [3.05, 3.63) is 23.0 Å². The number of rotatable bonds is 1. The smallest absolute Gasteiger partial charge is 0.194 e. The van der Waals surface area contributed by atoms with Crippen molar-refractivity contribution in [2.24, 2.45) is 0 Å². The van der Waals surface area contributed by atoms with E-state index in [0.717, 1.165) is 4.96 Å². The van der Waals surface area contributed by atoms with Gasteiger partial charge in [0.25, 0.3) is 0 Å². The number of ketones is 1. The molecule has 3 nitrogen and oxygen atoms in total. The van der Waals surface area contributed by atoms with E-state index < -0.39 is 0 Å². The van der Waals surface area contributed by atoms with Crippen molar-refractivity contribution in [1.29, 1.82) is 0 Å². The Kier molecular flexibility index (Phi) is 2.19. The van der Waals surface area contributed by atoms with E-state index in [-0.39, 0.29) is 11.2 Å². The van der Waals surface area contributed by atoms with Crippen molar-refractivity contribution in [3.8, 4) is 0 Å². The molecule has 15 heavy (non-hydrogen) atoms. The van der Waals surface area contributed by atoms with Gasteiger partial charge in [0.05, 0.1) is 0 Å². The number of nitrogens with zero attached hydrogens (tertiary/aromatic N) is 2. The van der Waals surface area contributed by atoms with E-state index in [4.69, 9.17) is 0 Å². The lowest BCUT2D eigenvalue weighted by Crippen LogP contribution is -2.08. The number of carbonyl (C=O) groups is 1. The molecule has 2 rings (SSSR count). The molecule has 0 aromatic carbocycles. The highest BCUT2D eigenvalue weighted by molar-refractivity contribution is 7.17. The predicted molar refractivity (Wildman–Crippen MR) is 61.8 cm³/mol. The summed E-state index contributed by atoms with van der Waals surface area (Å²) in [6.07, 6.45) is 3.85. The summed E-state index contributed by atoms with van der Waals surface area (Å²) in [5.74, 6) is 0.0169. The molecule has 0 spiro atoms. The van der Waals surface area contributed by atoms with Gasteiger partial charge in [-0.25, -0.2) is 4.98 Å². The highest BCUT2D eigenvalue weighted by Gasteiger charge is 2.18. The Morgan fingerprint density at radius 3 is 2.53 bits per heavy atom. The second-order valence-electron chi connectivity index (χ2n) is 4.72. The van der Waals surface area contributed by atoms with Gasteiger partial charge in [0, 0.05) is 24.2 Å². The first-order valence-electron chi connectivity index (χ1n) is 4.88.